The topological polar surface area (TPSA) is 57.5 Å². The molecule has 19 heavy (non-hydrogen) atoms. The van der Waals surface area contributed by atoms with E-state index in [1.54, 1.807) is 0 Å². The van der Waals surface area contributed by atoms with Crippen molar-refractivity contribution in [1.29, 1.82) is 0 Å². The van der Waals surface area contributed by atoms with Gasteiger partial charge in [-0.05, 0) is 12.3 Å². The number of hydrogen-bond donors (Lipinski definition) is 2. The Morgan fingerprint density at radius 2 is 1.26 bits per heavy atom. The van der Waals surface area contributed by atoms with Crippen LogP contribution >= 0.6 is 0 Å². The highest BCUT2D eigenvalue weighted by Crippen LogP contribution is 2.13. The predicted octanol–water partition coefficient (Wildman–Crippen LogP) is 4.38. The van der Waals surface area contributed by atoms with E-state index >= 15 is 0 Å². The quantitative estimate of drug-likeness (QED) is 0.489. The van der Waals surface area contributed by atoms with Crippen molar-refractivity contribution >= 4 is 5.97 Å². The van der Waals surface area contributed by atoms with Crippen LogP contribution in [0.2, 0.25) is 0 Å². The van der Waals surface area contributed by atoms with Gasteiger partial charge in [-0.2, -0.15) is 0 Å². The minimum Gasteiger partial charge on any atom is -0.481 e. The molecule has 0 amide bonds. The lowest BCUT2D eigenvalue weighted by Crippen LogP contribution is -2.12. The summed E-state index contributed by atoms with van der Waals surface area (Å²) in [5, 5.41) is 17.9. The summed E-state index contributed by atoms with van der Waals surface area (Å²) in [4.78, 5) is 10.4. The number of aliphatic hydroxyl groups is 1. The smallest absolute Gasteiger partial charge is 0.305 e. The van der Waals surface area contributed by atoms with Gasteiger partial charge >= 0.3 is 5.97 Å². The van der Waals surface area contributed by atoms with E-state index < -0.39 is 12.1 Å². The number of aliphatic hydroxyl groups excluding tert-OH is 1. The number of carbonyl (C=O) groups is 1. The van der Waals surface area contributed by atoms with Crippen molar-refractivity contribution in [3.63, 3.8) is 0 Å². The molecular formula is C16H32O3. The summed E-state index contributed by atoms with van der Waals surface area (Å²) in [5.74, 6) is -0.0777. The van der Waals surface area contributed by atoms with E-state index in [-0.39, 0.29) is 6.42 Å². The van der Waals surface area contributed by atoms with Gasteiger partial charge < -0.3 is 10.2 Å². The van der Waals surface area contributed by atoms with Crippen LogP contribution in [0.3, 0.4) is 0 Å². The van der Waals surface area contributed by atoms with Gasteiger partial charge in [0, 0.05) is 0 Å². The average molecular weight is 272 g/mol. The number of hydrogen-bond acceptors (Lipinski definition) is 2. The molecule has 0 unspecified atom stereocenters. The van der Waals surface area contributed by atoms with Crippen molar-refractivity contribution in [1.82, 2.24) is 0 Å². The van der Waals surface area contributed by atoms with Crippen molar-refractivity contribution < 1.29 is 15.0 Å². The van der Waals surface area contributed by atoms with Crippen LogP contribution in [0.25, 0.3) is 0 Å². The van der Waals surface area contributed by atoms with E-state index in [1.165, 1.54) is 44.9 Å². The maximum atomic E-state index is 10.4. The molecule has 0 aromatic heterocycles. The van der Waals surface area contributed by atoms with Crippen molar-refractivity contribution in [2.45, 2.75) is 90.6 Å². The van der Waals surface area contributed by atoms with E-state index in [9.17, 15) is 9.90 Å². The summed E-state index contributed by atoms with van der Waals surface area (Å²) in [7, 11) is 0. The second kappa shape index (κ2) is 12.5. The highest BCUT2D eigenvalue weighted by Gasteiger charge is 2.08. The number of rotatable bonds is 13. The summed E-state index contributed by atoms with van der Waals surface area (Å²) in [5.41, 5.74) is 0. The largest absolute Gasteiger partial charge is 0.481 e. The molecule has 0 aliphatic rings. The molecule has 0 saturated heterocycles. The van der Waals surface area contributed by atoms with Crippen LogP contribution in [0.5, 0.6) is 0 Å². The third-order valence-electron chi connectivity index (χ3n) is 3.48. The van der Waals surface area contributed by atoms with Crippen LogP contribution in [0.15, 0.2) is 0 Å². The molecule has 3 nitrogen and oxygen atoms in total. The summed E-state index contributed by atoms with van der Waals surface area (Å²) in [6, 6.07) is 0. The van der Waals surface area contributed by atoms with Crippen molar-refractivity contribution in [2.75, 3.05) is 0 Å². The standard InChI is InChI=1S/C16H32O3/c1-14(2)11-9-7-5-3-4-6-8-10-12-15(17)13-16(18)19/h14-15,17H,3-13H2,1-2H3,(H,18,19)/t15-/m1/s1. The van der Waals surface area contributed by atoms with E-state index in [0.717, 1.165) is 18.8 Å². The first-order valence-corrected chi connectivity index (χ1v) is 7.92. The van der Waals surface area contributed by atoms with Gasteiger partial charge in [0.05, 0.1) is 12.5 Å². The fraction of sp³-hybridized carbons (Fsp3) is 0.938. The highest BCUT2D eigenvalue weighted by molar-refractivity contribution is 5.67. The Hall–Kier alpha value is -0.570. The van der Waals surface area contributed by atoms with Gasteiger partial charge in [-0.25, -0.2) is 0 Å². The Bertz CT molecular complexity index is 214. The van der Waals surface area contributed by atoms with Gasteiger partial charge in [-0.1, -0.05) is 71.6 Å². The van der Waals surface area contributed by atoms with E-state index in [1.807, 2.05) is 0 Å². The van der Waals surface area contributed by atoms with Gasteiger partial charge in [-0.3, -0.25) is 4.79 Å². The van der Waals surface area contributed by atoms with Gasteiger partial charge in [-0.15, -0.1) is 0 Å². The molecule has 0 aromatic rings. The highest BCUT2D eigenvalue weighted by atomic mass is 16.4. The van der Waals surface area contributed by atoms with Crippen LogP contribution in [0.4, 0.5) is 0 Å². The zero-order valence-electron chi connectivity index (χ0n) is 12.7. The molecule has 114 valence electrons. The number of carboxylic acids is 1. The predicted molar refractivity (Wildman–Crippen MR) is 79.3 cm³/mol. The average Bonchev–Trinajstić information content (AvgIpc) is 2.30. The summed E-state index contributed by atoms with van der Waals surface area (Å²) in [6.45, 7) is 4.55. The molecular weight excluding hydrogens is 240 g/mol. The molecule has 0 rings (SSSR count). The fourth-order valence-electron chi connectivity index (χ4n) is 2.30. The van der Waals surface area contributed by atoms with Gasteiger partial charge in [0.25, 0.3) is 0 Å². The molecule has 1 atom stereocenters. The Morgan fingerprint density at radius 3 is 1.68 bits per heavy atom. The fourth-order valence-corrected chi connectivity index (χ4v) is 2.30. The first-order valence-electron chi connectivity index (χ1n) is 7.92. The zero-order valence-corrected chi connectivity index (χ0v) is 12.7. The summed E-state index contributed by atoms with van der Waals surface area (Å²) >= 11 is 0. The van der Waals surface area contributed by atoms with Gasteiger partial charge in [0.2, 0.25) is 0 Å². The molecule has 0 aromatic carbocycles. The molecule has 0 heterocycles. The van der Waals surface area contributed by atoms with Crippen LogP contribution in [0.1, 0.15) is 84.5 Å². The number of aliphatic carboxylic acids is 1. The number of unbranched alkanes of at least 4 members (excludes halogenated alkanes) is 7. The lowest BCUT2D eigenvalue weighted by Gasteiger charge is -2.07. The molecule has 0 aliphatic carbocycles. The van der Waals surface area contributed by atoms with Crippen molar-refractivity contribution in [3.8, 4) is 0 Å². The third-order valence-corrected chi connectivity index (χ3v) is 3.48. The summed E-state index contributed by atoms with van der Waals surface area (Å²) < 4.78 is 0. The Kier molecular flexibility index (Phi) is 12.1. The van der Waals surface area contributed by atoms with E-state index in [4.69, 9.17) is 5.11 Å². The molecule has 0 spiro atoms. The molecule has 3 heteroatoms. The molecule has 0 saturated carbocycles. The Labute approximate surface area is 118 Å². The molecule has 0 bridgehead atoms. The molecule has 2 N–H and O–H groups in total. The second-order valence-corrected chi connectivity index (χ2v) is 6.05. The van der Waals surface area contributed by atoms with Crippen molar-refractivity contribution in [2.24, 2.45) is 5.92 Å². The third kappa shape index (κ3) is 15.4. The summed E-state index contributed by atoms with van der Waals surface area (Å²) in [6.07, 6.45) is 11.1. The van der Waals surface area contributed by atoms with Crippen molar-refractivity contribution in [3.05, 3.63) is 0 Å². The first-order chi connectivity index (χ1) is 9.02. The first kappa shape index (κ1) is 18.4. The molecule has 0 aliphatic heterocycles. The lowest BCUT2D eigenvalue weighted by atomic mass is 10.0. The Morgan fingerprint density at radius 1 is 0.842 bits per heavy atom. The molecule has 0 fully saturated rings. The lowest BCUT2D eigenvalue weighted by molar-refractivity contribution is -0.139. The number of carboxylic acid groups (broad SMARTS) is 1. The SMILES string of the molecule is CC(C)CCCCCCCCCC[C@@H](O)CC(=O)O. The molecule has 0 radical (unpaired) electrons. The van der Waals surface area contributed by atoms with Gasteiger partial charge in [0.15, 0.2) is 0 Å². The minimum atomic E-state index is -0.908. The van der Waals surface area contributed by atoms with Gasteiger partial charge in [0.1, 0.15) is 0 Å². The Balaban J connectivity index is 3.12. The van der Waals surface area contributed by atoms with E-state index in [0.29, 0.717) is 6.42 Å². The van der Waals surface area contributed by atoms with E-state index in [2.05, 4.69) is 13.8 Å². The maximum absolute atomic E-state index is 10.4. The zero-order chi connectivity index (χ0) is 14.5. The van der Waals surface area contributed by atoms with Crippen LogP contribution in [-0.4, -0.2) is 22.3 Å². The van der Waals surface area contributed by atoms with Crippen LogP contribution < -0.4 is 0 Å². The van der Waals surface area contributed by atoms with Crippen LogP contribution in [0, 0.1) is 5.92 Å². The second-order valence-electron chi connectivity index (χ2n) is 6.05. The normalized spacial score (nSPS) is 12.8. The monoisotopic (exact) mass is 272 g/mol. The van der Waals surface area contributed by atoms with Crippen LogP contribution in [-0.2, 0) is 4.79 Å². The minimum absolute atomic E-state index is 0.115. The maximum Gasteiger partial charge on any atom is 0.305 e.